The summed E-state index contributed by atoms with van der Waals surface area (Å²) in [6, 6.07) is 14.7. The number of rotatable bonds is 5. The third-order valence-electron chi connectivity index (χ3n) is 5.97. The number of halogens is 3. The highest BCUT2D eigenvalue weighted by molar-refractivity contribution is 5.77. The zero-order chi connectivity index (χ0) is 28.0. The summed E-state index contributed by atoms with van der Waals surface area (Å²) in [6.07, 6.45) is 0.941. The van der Waals surface area contributed by atoms with Crippen molar-refractivity contribution in [1.82, 2.24) is 15.3 Å². The van der Waals surface area contributed by atoms with Crippen LogP contribution >= 0.6 is 0 Å². The highest BCUT2D eigenvalue weighted by atomic mass is 19.1. The number of H-pyrrole nitrogens is 2. The first-order valence-corrected chi connectivity index (χ1v) is 12.1. The number of fused-ring (bicyclic) bond motifs is 1. The van der Waals surface area contributed by atoms with E-state index < -0.39 is 34.7 Å². The predicted molar refractivity (Wildman–Crippen MR) is 142 cm³/mol. The maximum Gasteiger partial charge on any atom is 0.326 e. The van der Waals surface area contributed by atoms with Crippen LogP contribution in [0.1, 0.15) is 56.8 Å². The molecule has 200 valence electrons. The van der Waals surface area contributed by atoms with Crippen LogP contribution in [-0.2, 0) is 16.6 Å². The lowest BCUT2D eigenvalue weighted by Gasteiger charge is -2.19. The molecule has 4 rings (SSSR count). The van der Waals surface area contributed by atoms with Gasteiger partial charge in [-0.25, -0.2) is 18.0 Å². The van der Waals surface area contributed by atoms with Gasteiger partial charge >= 0.3 is 5.69 Å². The first-order chi connectivity index (χ1) is 17.8. The summed E-state index contributed by atoms with van der Waals surface area (Å²) in [4.78, 5) is 38.4. The Morgan fingerprint density at radius 2 is 1.53 bits per heavy atom. The Morgan fingerprint density at radius 3 is 2.16 bits per heavy atom. The van der Waals surface area contributed by atoms with Crippen LogP contribution in [0, 0.1) is 17.5 Å². The number of benzene rings is 3. The van der Waals surface area contributed by atoms with Crippen molar-refractivity contribution in [3.05, 3.63) is 116 Å². The number of aromatic amines is 2. The first kappa shape index (κ1) is 28.4. The highest BCUT2D eigenvalue weighted by Gasteiger charge is 2.15. The lowest BCUT2D eigenvalue weighted by Crippen LogP contribution is -2.27. The Kier molecular flexibility index (Phi) is 8.93. The molecule has 0 aliphatic carbocycles. The molecule has 0 spiro atoms. The van der Waals surface area contributed by atoms with E-state index in [-0.39, 0.29) is 22.3 Å². The maximum atomic E-state index is 13.7. The highest BCUT2D eigenvalue weighted by Crippen LogP contribution is 2.23. The van der Waals surface area contributed by atoms with Crippen LogP contribution in [0.3, 0.4) is 0 Å². The summed E-state index contributed by atoms with van der Waals surface area (Å²) in [6.45, 7) is 8.16. The molecule has 0 aliphatic heterocycles. The molecular formula is C29H30F3N3O3. The Labute approximate surface area is 217 Å². The second-order valence-corrected chi connectivity index (χ2v) is 10.0. The van der Waals surface area contributed by atoms with Crippen LogP contribution in [-0.4, -0.2) is 15.9 Å². The fourth-order valence-corrected chi connectivity index (χ4v) is 3.81. The summed E-state index contributed by atoms with van der Waals surface area (Å²) >= 11 is 0. The topological polar surface area (TPSA) is 94.8 Å². The van der Waals surface area contributed by atoms with E-state index in [0.29, 0.717) is 18.4 Å². The van der Waals surface area contributed by atoms with Crippen LogP contribution < -0.4 is 16.6 Å². The molecule has 1 atom stereocenters. The minimum absolute atomic E-state index is 0.102. The molecule has 1 heterocycles. The van der Waals surface area contributed by atoms with Crippen molar-refractivity contribution in [1.29, 1.82) is 0 Å². The fourth-order valence-electron chi connectivity index (χ4n) is 3.81. The van der Waals surface area contributed by atoms with Gasteiger partial charge in [0, 0.05) is 18.1 Å². The van der Waals surface area contributed by atoms with Crippen LogP contribution in [0.4, 0.5) is 13.2 Å². The summed E-state index contributed by atoms with van der Waals surface area (Å²) in [5, 5.41) is 2.90. The van der Waals surface area contributed by atoms with E-state index >= 15 is 0 Å². The molecule has 0 radical (unpaired) electrons. The molecule has 1 aromatic heterocycles. The molecular weight excluding hydrogens is 495 g/mol. The number of carbonyl (C=O) groups is 1. The van der Waals surface area contributed by atoms with Gasteiger partial charge in [-0.2, -0.15) is 0 Å². The van der Waals surface area contributed by atoms with E-state index in [0.717, 1.165) is 17.7 Å². The molecule has 0 aliphatic rings. The monoisotopic (exact) mass is 525 g/mol. The van der Waals surface area contributed by atoms with Crippen molar-refractivity contribution in [2.24, 2.45) is 0 Å². The predicted octanol–water partition coefficient (Wildman–Crippen LogP) is 5.43. The minimum Gasteiger partial charge on any atom is -0.349 e. The third kappa shape index (κ3) is 7.68. The quantitative estimate of drug-likeness (QED) is 0.324. The molecule has 1 unspecified atom stereocenters. The Bertz CT molecular complexity index is 1540. The zero-order valence-corrected chi connectivity index (χ0v) is 21.6. The lowest BCUT2D eigenvalue weighted by atomic mass is 9.86. The summed E-state index contributed by atoms with van der Waals surface area (Å²) in [5.74, 6) is -1.94. The molecule has 0 fully saturated rings. The standard InChI is InChI=1S/C21H25F2NO.C8H5FN2O2/c1-14(18-11-10-17(22)13-19(18)23)24-20(25)12-7-15-5-8-16(9-6-15)21(2,3)4;9-4-1-2-6-5(3-4)7(12)11-8(13)10-6/h5-6,8-11,13-14H,7,12H2,1-4H3,(H,24,25);1-3H,(H2,10,11,12,13). The average molecular weight is 526 g/mol. The molecule has 6 nitrogen and oxygen atoms in total. The first-order valence-electron chi connectivity index (χ1n) is 12.1. The molecule has 3 aromatic carbocycles. The van der Waals surface area contributed by atoms with Gasteiger partial charge in [0.2, 0.25) is 5.91 Å². The van der Waals surface area contributed by atoms with Crippen molar-refractivity contribution in [3.8, 4) is 0 Å². The number of aryl methyl sites for hydroxylation is 1. The van der Waals surface area contributed by atoms with E-state index in [4.69, 9.17) is 0 Å². The molecule has 0 saturated carbocycles. The van der Waals surface area contributed by atoms with Crippen molar-refractivity contribution in [3.63, 3.8) is 0 Å². The van der Waals surface area contributed by atoms with E-state index in [2.05, 4.69) is 43.2 Å². The molecule has 3 N–H and O–H groups in total. The van der Waals surface area contributed by atoms with Crippen LogP contribution in [0.15, 0.2) is 70.3 Å². The molecule has 9 heteroatoms. The van der Waals surface area contributed by atoms with Gasteiger partial charge in [-0.05, 0) is 54.2 Å². The van der Waals surface area contributed by atoms with Gasteiger partial charge < -0.3 is 10.3 Å². The van der Waals surface area contributed by atoms with Crippen molar-refractivity contribution in [2.75, 3.05) is 0 Å². The van der Waals surface area contributed by atoms with Gasteiger partial charge in [-0.15, -0.1) is 0 Å². The smallest absolute Gasteiger partial charge is 0.326 e. The molecule has 0 saturated heterocycles. The molecule has 0 bridgehead atoms. The van der Waals surface area contributed by atoms with Crippen LogP contribution in [0.2, 0.25) is 0 Å². The number of hydrogen-bond acceptors (Lipinski definition) is 3. The van der Waals surface area contributed by atoms with E-state index in [9.17, 15) is 27.6 Å². The normalized spacial score (nSPS) is 12.0. The molecule has 38 heavy (non-hydrogen) atoms. The van der Waals surface area contributed by atoms with Crippen molar-refractivity contribution < 1.29 is 18.0 Å². The zero-order valence-electron chi connectivity index (χ0n) is 21.6. The number of carbonyl (C=O) groups excluding carboxylic acids is 1. The SMILES string of the molecule is CC(NC(=O)CCc1ccc(C(C)(C)C)cc1)c1ccc(F)cc1F.O=c1[nH]c(=O)c2cc(F)ccc2[nH]1. The largest absolute Gasteiger partial charge is 0.349 e. The van der Waals surface area contributed by atoms with E-state index in [1.165, 1.54) is 29.8 Å². The van der Waals surface area contributed by atoms with Gasteiger partial charge in [0.1, 0.15) is 17.5 Å². The van der Waals surface area contributed by atoms with Crippen LogP contribution in [0.25, 0.3) is 10.9 Å². The maximum absolute atomic E-state index is 13.7. The van der Waals surface area contributed by atoms with E-state index in [1.807, 2.05) is 17.1 Å². The van der Waals surface area contributed by atoms with E-state index in [1.54, 1.807) is 6.92 Å². The fraction of sp³-hybridized carbons (Fsp3) is 0.276. The van der Waals surface area contributed by atoms with Gasteiger partial charge in [0.05, 0.1) is 16.9 Å². The van der Waals surface area contributed by atoms with Crippen molar-refractivity contribution >= 4 is 16.8 Å². The van der Waals surface area contributed by atoms with Gasteiger partial charge in [0.15, 0.2) is 0 Å². The second-order valence-electron chi connectivity index (χ2n) is 10.0. The summed E-state index contributed by atoms with van der Waals surface area (Å²) in [7, 11) is 0. The number of hydrogen-bond donors (Lipinski definition) is 3. The molecule has 1 amide bonds. The third-order valence-corrected chi connectivity index (χ3v) is 5.97. The van der Waals surface area contributed by atoms with Crippen molar-refractivity contribution in [2.45, 2.75) is 52.0 Å². The summed E-state index contributed by atoms with van der Waals surface area (Å²) < 4.78 is 39.4. The molecule has 4 aromatic rings. The Hall–Kier alpha value is -4.14. The van der Waals surface area contributed by atoms with Gasteiger partial charge in [-0.3, -0.25) is 14.6 Å². The minimum atomic E-state index is -0.648. The number of aromatic nitrogens is 2. The summed E-state index contributed by atoms with van der Waals surface area (Å²) in [5.41, 5.74) is 1.87. The Morgan fingerprint density at radius 1 is 0.895 bits per heavy atom. The van der Waals surface area contributed by atoms with Gasteiger partial charge in [0.25, 0.3) is 5.56 Å². The number of amides is 1. The number of nitrogens with one attached hydrogen (secondary N) is 3. The lowest BCUT2D eigenvalue weighted by molar-refractivity contribution is -0.121. The van der Waals surface area contributed by atoms with Gasteiger partial charge in [-0.1, -0.05) is 51.1 Å². The Balaban J connectivity index is 0.000000256. The van der Waals surface area contributed by atoms with Crippen LogP contribution in [0.5, 0.6) is 0 Å². The average Bonchev–Trinajstić information content (AvgIpc) is 2.83. The second kappa shape index (κ2) is 11.9.